The van der Waals surface area contributed by atoms with Crippen LogP contribution in [0.2, 0.25) is 0 Å². The second-order valence-corrected chi connectivity index (χ2v) is 3.85. The highest BCUT2D eigenvalue weighted by Gasteiger charge is 2.38. The first-order valence-electron chi connectivity index (χ1n) is 3.68. The number of hydrogen-bond donors (Lipinski definition) is 1. The smallest absolute Gasteiger partial charge is 0.383 e. The van der Waals surface area contributed by atoms with Crippen LogP contribution in [-0.4, -0.2) is 17.4 Å². The number of aliphatic hydroxyl groups excluding tert-OH is 1. The van der Waals surface area contributed by atoms with Crippen LogP contribution in [0.25, 0.3) is 0 Å². The van der Waals surface area contributed by atoms with Crippen molar-refractivity contribution >= 4 is 11.3 Å². The average molecular weight is 210 g/mol. The average Bonchev–Trinajstić information content (AvgIpc) is 2.33. The Morgan fingerprint density at radius 2 is 2.15 bits per heavy atom. The quantitative estimate of drug-likeness (QED) is 0.795. The first-order valence-corrected chi connectivity index (χ1v) is 4.56. The van der Waals surface area contributed by atoms with Crippen molar-refractivity contribution in [2.24, 2.45) is 0 Å². The Bertz CT molecular complexity index is 279. The van der Waals surface area contributed by atoms with Crippen molar-refractivity contribution < 1.29 is 18.3 Å². The summed E-state index contributed by atoms with van der Waals surface area (Å²) >= 11 is 1.23. The van der Waals surface area contributed by atoms with Crippen LogP contribution in [0.4, 0.5) is 13.2 Å². The van der Waals surface area contributed by atoms with Crippen molar-refractivity contribution in [3.8, 4) is 0 Å². The van der Waals surface area contributed by atoms with Gasteiger partial charge in [-0.2, -0.15) is 13.2 Å². The molecule has 1 aromatic heterocycles. The van der Waals surface area contributed by atoms with E-state index in [0.29, 0.717) is 4.88 Å². The van der Waals surface area contributed by atoms with Gasteiger partial charge in [0.2, 0.25) is 0 Å². The summed E-state index contributed by atoms with van der Waals surface area (Å²) in [6.07, 6.45) is -7.11. The molecule has 0 saturated heterocycles. The normalized spacial score (nSPS) is 14.5. The lowest BCUT2D eigenvalue weighted by atomic mass is 10.2. The number of halogens is 3. The molecule has 1 atom stereocenters. The van der Waals surface area contributed by atoms with Crippen LogP contribution in [0, 0.1) is 6.92 Å². The molecule has 0 saturated carbocycles. The highest BCUT2D eigenvalue weighted by atomic mass is 32.1. The lowest BCUT2D eigenvalue weighted by Crippen LogP contribution is -2.30. The zero-order chi connectivity index (χ0) is 10.1. The van der Waals surface area contributed by atoms with E-state index >= 15 is 0 Å². The fourth-order valence-corrected chi connectivity index (χ4v) is 1.82. The van der Waals surface area contributed by atoms with Gasteiger partial charge in [-0.25, -0.2) is 0 Å². The molecular formula is C8H9F3OS. The van der Waals surface area contributed by atoms with Crippen LogP contribution in [0.3, 0.4) is 0 Å². The van der Waals surface area contributed by atoms with Crippen LogP contribution < -0.4 is 0 Å². The summed E-state index contributed by atoms with van der Waals surface area (Å²) in [5, 5.41) is 10.5. The lowest BCUT2D eigenvalue weighted by Gasteiger charge is -2.12. The van der Waals surface area contributed by atoms with E-state index in [0.717, 1.165) is 5.56 Å². The van der Waals surface area contributed by atoms with Gasteiger partial charge in [0.1, 0.15) is 0 Å². The number of rotatable bonds is 2. The minimum atomic E-state index is -4.52. The van der Waals surface area contributed by atoms with Crippen LogP contribution >= 0.6 is 11.3 Å². The third-order valence-corrected chi connectivity index (χ3v) is 2.63. The van der Waals surface area contributed by atoms with Crippen LogP contribution in [-0.2, 0) is 6.42 Å². The minimum absolute atomic E-state index is 0.345. The first-order chi connectivity index (χ1) is 5.89. The van der Waals surface area contributed by atoms with Gasteiger partial charge in [0.25, 0.3) is 0 Å². The summed E-state index contributed by atoms with van der Waals surface area (Å²) in [5.74, 6) is 0. The third kappa shape index (κ3) is 3.00. The third-order valence-electron chi connectivity index (χ3n) is 1.56. The Balaban J connectivity index is 2.60. The Labute approximate surface area is 77.8 Å². The summed E-state index contributed by atoms with van der Waals surface area (Å²) in [7, 11) is 0. The number of thiophene rings is 1. The summed E-state index contributed by atoms with van der Waals surface area (Å²) in [6, 6.07) is 1.65. The molecule has 1 unspecified atom stereocenters. The molecule has 1 rings (SSSR count). The topological polar surface area (TPSA) is 20.2 Å². The SMILES string of the molecule is Cc1csc(CC(O)C(F)(F)F)c1. The van der Waals surface area contributed by atoms with Gasteiger partial charge in [-0.1, -0.05) is 0 Å². The number of aliphatic hydroxyl groups is 1. The van der Waals surface area contributed by atoms with Gasteiger partial charge in [0, 0.05) is 11.3 Å². The zero-order valence-electron chi connectivity index (χ0n) is 6.93. The zero-order valence-corrected chi connectivity index (χ0v) is 7.75. The van der Waals surface area contributed by atoms with E-state index in [1.54, 1.807) is 18.4 Å². The van der Waals surface area contributed by atoms with Gasteiger partial charge in [0.05, 0.1) is 0 Å². The minimum Gasteiger partial charge on any atom is -0.383 e. The molecule has 5 heteroatoms. The van der Waals surface area contributed by atoms with Crippen molar-refractivity contribution in [1.82, 2.24) is 0 Å². The van der Waals surface area contributed by atoms with Gasteiger partial charge >= 0.3 is 6.18 Å². The molecule has 1 nitrogen and oxygen atoms in total. The summed E-state index contributed by atoms with van der Waals surface area (Å²) < 4.78 is 35.7. The maximum absolute atomic E-state index is 11.9. The highest BCUT2D eigenvalue weighted by molar-refractivity contribution is 7.10. The largest absolute Gasteiger partial charge is 0.414 e. The Hall–Kier alpha value is -0.550. The van der Waals surface area contributed by atoms with Crippen molar-refractivity contribution in [3.63, 3.8) is 0 Å². The molecule has 0 aromatic carbocycles. The Morgan fingerprint density at radius 1 is 1.54 bits per heavy atom. The number of aryl methyl sites for hydroxylation is 1. The molecule has 0 aliphatic heterocycles. The molecule has 13 heavy (non-hydrogen) atoms. The van der Waals surface area contributed by atoms with Gasteiger partial charge in [-0.05, 0) is 23.9 Å². The number of hydrogen-bond acceptors (Lipinski definition) is 2. The highest BCUT2D eigenvalue weighted by Crippen LogP contribution is 2.25. The summed E-state index contributed by atoms with van der Waals surface area (Å²) in [6.45, 7) is 1.81. The molecule has 1 heterocycles. The molecule has 0 aliphatic rings. The van der Waals surface area contributed by atoms with Gasteiger partial charge in [0.15, 0.2) is 6.10 Å². The lowest BCUT2D eigenvalue weighted by molar-refractivity contribution is -0.202. The van der Waals surface area contributed by atoms with Crippen molar-refractivity contribution in [2.75, 3.05) is 0 Å². The van der Waals surface area contributed by atoms with E-state index in [1.165, 1.54) is 11.3 Å². The standard InChI is InChI=1S/C8H9F3OS/c1-5-2-6(13-4-5)3-7(12)8(9,10)11/h2,4,7,12H,3H2,1H3. The van der Waals surface area contributed by atoms with Crippen LogP contribution in [0.5, 0.6) is 0 Å². The molecule has 0 radical (unpaired) electrons. The molecule has 74 valence electrons. The van der Waals surface area contributed by atoms with Gasteiger partial charge in [-0.3, -0.25) is 0 Å². The molecule has 0 aliphatic carbocycles. The number of alkyl halides is 3. The fraction of sp³-hybridized carbons (Fsp3) is 0.500. The van der Waals surface area contributed by atoms with Crippen molar-refractivity contribution in [2.45, 2.75) is 25.6 Å². The molecule has 0 spiro atoms. The Kier molecular flexibility index (Phi) is 2.98. The van der Waals surface area contributed by atoms with Crippen molar-refractivity contribution in [3.05, 3.63) is 21.9 Å². The van der Waals surface area contributed by atoms with Gasteiger partial charge in [-0.15, -0.1) is 11.3 Å². The maximum Gasteiger partial charge on any atom is 0.414 e. The van der Waals surface area contributed by atoms with Crippen LogP contribution in [0.1, 0.15) is 10.4 Å². The van der Waals surface area contributed by atoms with Gasteiger partial charge < -0.3 is 5.11 Å². The molecule has 1 aromatic rings. The van der Waals surface area contributed by atoms with Crippen molar-refractivity contribution in [1.29, 1.82) is 0 Å². The monoisotopic (exact) mass is 210 g/mol. The van der Waals surface area contributed by atoms with E-state index in [4.69, 9.17) is 5.11 Å². The van der Waals surface area contributed by atoms with E-state index in [2.05, 4.69) is 0 Å². The van der Waals surface area contributed by atoms with E-state index in [1.807, 2.05) is 0 Å². The summed E-state index contributed by atoms with van der Waals surface area (Å²) in [4.78, 5) is 0.558. The van der Waals surface area contributed by atoms with E-state index in [9.17, 15) is 13.2 Å². The second-order valence-electron chi connectivity index (χ2n) is 2.85. The molecular weight excluding hydrogens is 201 g/mol. The molecule has 1 N–H and O–H groups in total. The first kappa shape index (κ1) is 10.5. The fourth-order valence-electron chi connectivity index (χ4n) is 0.904. The molecule has 0 amide bonds. The summed E-state index contributed by atoms with van der Waals surface area (Å²) in [5.41, 5.74) is 0.925. The van der Waals surface area contributed by atoms with E-state index in [-0.39, 0.29) is 6.42 Å². The maximum atomic E-state index is 11.9. The predicted octanol–water partition coefficient (Wildman–Crippen LogP) is 2.52. The Morgan fingerprint density at radius 3 is 2.54 bits per heavy atom. The second kappa shape index (κ2) is 3.67. The molecule has 0 fully saturated rings. The molecule has 0 bridgehead atoms. The van der Waals surface area contributed by atoms with Crippen LogP contribution in [0.15, 0.2) is 11.4 Å². The predicted molar refractivity (Wildman–Crippen MR) is 44.8 cm³/mol. The van der Waals surface area contributed by atoms with E-state index < -0.39 is 12.3 Å².